The number of carbonyl (C=O) groups is 1. The predicted octanol–water partition coefficient (Wildman–Crippen LogP) is 0.344. The van der Waals surface area contributed by atoms with Gasteiger partial charge in [0.2, 0.25) is 5.91 Å². The van der Waals surface area contributed by atoms with Crippen molar-refractivity contribution in [2.24, 2.45) is 5.73 Å². The maximum Gasteiger partial charge on any atom is 0.248 e. The lowest BCUT2D eigenvalue weighted by Crippen LogP contribution is -2.54. The molecule has 1 aromatic carbocycles. The molecule has 1 unspecified atom stereocenters. The summed E-state index contributed by atoms with van der Waals surface area (Å²) in [5, 5.41) is 9.34. The Hall–Kier alpha value is -1.79. The van der Waals surface area contributed by atoms with Gasteiger partial charge in [-0.1, -0.05) is 0 Å². The van der Waals surface area contributed by atoms with Crippen LogP contribution in [0.25, 0.3) is 0 Å². The molecule has 1 aliphatic heterocycles. The molecule has 6 heteroatoms. The number of anilines is 2. The van der Waals surface area contributed by atoms with Crippen molar-refractivity contribution in [1.29, 1.82) is 0 Å². The van der Waals surface area contributed by atoms with E-state index in [0.29, 0.717) is 24.3 Å². The fraction of sp³-hybridized carbons (Fsp3) is 0.500. The zero-order chi connectivity index (χ0) is 14.9. The number of nitrogen functional groups attached to an aromatic ring is 1. The number of primary amides is 1. The molecule has 1 saturated heterocycles. The second kappa shape index (κ2) is 5.30. The Morgan fingerprint density at radius 2 is 2.25 bits per heavy atom. The molecule has 2 rings (SSSR count). The summed E-state index contributed by atoms with van der Waals surface area (Å²) in [6.07, 6.45) is -0.282. The number of hydrogen-bond donors (Lipinski definition) is 3. The molecule has 1 amide bonds. The summed E-state index contributed by atoms with van der Waals surface area (Å²) in [6, 6.07) is 4.97. The molecule has 0 radical (unpaired) electrons. The monoisotopic (exact) mass is 279 g/mol. The molecular weight excluding hydrogens is 258 g/mol. The number of amides is 1. The summed E-state index contributed by atoms with van der Waals surface area (Å²) < 4.78 is 5.77. The van der Waals surface area contributed by atoms with E-state index in [9.17, 15) is 9.90 Å². The van der Waals surface area contributed by atoms with Crippen LogP contribution in [0.2, 0.25) is 0 Å². The van der Waals surface area contributed by atoms with Crippen LogP contribution in [0, 0.1) is 0 Å². The summed E-state index contributed by atoms with van der Waals surface area (Å²) in [5.41, 5.74) is 12.6. The lowest BCUT2D eigenvalue weighted by molar-refractivity contribution is -0.100. The van der Waals surface area contributed by atoms with E-state index in [1.165, 1.54) is 0 Å². The van der Waals surface area contributed by atoms with Crippen molar-refractivity contribution in [2.75, 3.05) is 30.3 Å². The highest BCUT2D eigenvalue weighted by molar-refractivity contribution is 5.95. The molecule has 20 heavy (non-hydrogen) atoms. The van der Waals surface area contributed by atoms with Gasteiger partial charge in [0.25, 0.3) is 0 Å². The van der Waals surface area contributed by atoms with Gasteiger partial charge >= 0.3 is 0 Å². The van der Waals surface area contributed by atoms with Crippen LogP contribution in [-0.4, -0.2) is 42.4 Å². The Morgan fingerprint density at radius 3 is 2.85 bits per heavy atom. The van der Waals surface area contributed by atoms with Crippen LogP contribution in [0.3, 0.4) is 0 Å². The second-order valence-corrected chi connectivity index (χ2v) is 5.70. The largest absolute Gasteiger partial charge is 0.397 e. The number of nitrogens with zero attached hydrogens (tertiary/aromatic N) is 1. The van der Waals surface area contributed by atoms with Crippen molar-refractivity contribution in [3.63, 3.8) is 0 Å². The third-order valence-electron chi connectivity index (χ3n) is 3.34. The fourth-order valence-electron chi connectivity index (χ4n) is 2.55. The molecule has 0 saturated carbocycles. The molecule has 1 aromatic rings. The van der Waals surface area contributed by atoms with E-state index >= 15 is 0 Å². The molecule has 1 atom stereocenters. The van der Waals surface area contributed by atoms with E-state index in [2.05, 4.69) is 0 Å². The van der Waals surface area contributed by atoms with E-state index in [-0.39, 0.29) is 12.7 Å². The van der Waals surface area contributed by atoms with Crippen molar-refractivity contribution in [3.8, 4) is 0 Å². The van der Waals surface area contributed by atoms with Crippen LogP contribution in [-0.2, 0) is 4.74 Å². The Morgan fingerprint density at radius 1 is 1.55 bits per heavy atom. The molecule has 0 bridgehead atoms. The minimum Gasteiger partial charge on any atom is -0.397 e. The van der Waals surface area contributed by atoms with E-state index in [1.807, 2.05) is 18.7 Å². The zero-order valence-electron chi connectivity index (χ0n) is 11.8. The smallest absolute Gasteiger partial charge is 0.248 e. The van der Waals surface area contributed by atoms with Crippen LogP contribution >= 0.6 is 0 Å². The lowest BCUT2D eigenvalue weighted by Gasteiger charge is -2.43. The van der Waals surface area contributed by atoms with Crippen molar-refractivity contribution < 1.29 is 14.6 Å². The highest BCUT2D eigenvalue weighted by Gasteiger charge is 2.33. The Balaban J connectivity index is 2.34. The average molecular weight is 279 g/mol. The first-order chi connectivity index (χ1) is 9.32. The molecule has 110 valence electrons. The maximum atomic E-state index is 11.3. The van der Waals surface area contributed by atoms with Gasteiger partial charge in [-0.15, -0.1) is 0 Å². The first-order valence-electron chi connectivity index (χ1n) is 6.55. The SMILES string of the molecule is CC1(C)CN(c2cc(C(N)=O)ccc2N)CC(CO)O1. The van der Waals surface area contributed by atoms with Crippen LogP contribution in [0.15, 0.2) is 18.2 Å². The number of aliphatic hydroxyl groups excluding tert-OH is 1. The molecule has 0 aromatic heterocycles. The molecule has 1 aliphatic rings. The van der Waals surface area contributed by atoms with Crippen LogP contribution in [0.1, 0.15) is 24.2 Å². The van der Waals surface area contributed by atoms with Gasteiger partial charge in [0.1, 0.15) is 0 Å². The number of carbonyl (C=O) groups excluding carboxylic acids is 1. The molecule has 0 spiro atoms. The Labute approximate surface area is 118 Å². The average Bonchev–Trinajstić information content (AvgIpc) is 2.36. The Bertz CT molecular complexity index is 516. The number of ether oxygens (including phenoxy) is 1. The molecule has 1 fully saturated rings. The van der Waals surface area contributed by atoms with Crippen LogP contribution in [0.5, 0.6) is 0 Å². The third kappa shape index (κ3) is 3.02. The first kappa shape index (κ1) is 14.6. The van der Waals surface area contributed by atoms with Gasteiger partial charge < -0.3 is 26.2 Å². The molecule has 1 heterocycles. The van der Waals surface area contributed by atoms with Crippen molar-refractivity contribution >= 4 is 17.3 Å². The van der Waals surface area contributed by atoms with Gasteiger partial charge in [-0.2, -0.15) is 0 Å². The number of morpholine rings is 1. The number of rotatable bonds is 3. The van der Waals surface area contributed by atoms with E-state index in [4.69, 9.17) is 16.2 Å². The van der Waals surface area contributed by atoms with Crippen LogP contribution in [0.4, 0.5) is 11.4 Å². The van der Waals surface area contributed by atoms with E-state index in [1.54, 1.807) is 18.2 Å². The third-order valence-corrected chi connectivity index (χ3v) is 3.34. The number of benzene rings is 1. The molecule has 0 aliphatic carbocycles. The zero-order valence-corrected chi connectivity index (χ0v) is 11.8. The molecular formula is C14H21N3O3. The van der Waals surface area contributed by atoms with Crippen LogP contribution < -0.4 is 16.4 Å². The molecule has 5 N–H and O–H groups in total. The predicted molar refractivity (Wildman–Crippen MR) is 77.6 cm³/mol. The van der Waals surface area contributed by atoms with Gasteiger partial charge in [0.15, 0.2) is 0 Å². The summed E-state index contributed by atoms with van der Waals surface area (Å²) in [4.78, 5) is 13.3. The minimum atomic E-state index is -0.488. The summed E-state index contributed by atoms with van der Waals surface area (Å²) in [6.45, 7) is 4.99. The first-order valence-corrected chi connectivity index (χ1v) is 6.55. The van der Waals surface area contributed by atoms with Crippen molar-refractivity contribution in [1.82, 2.24) is 0 Å². The highest BCUT2D eigenvalue weighted by Crippen LogP contribution is 2.30. The second-order valence-electron chi connectivity index (χ2n) is 5.70. The number of nitrogens with two attached hydrogens (primary N) is 2. The molecule has 6 nitrogen and oxygen atoms in total. The standard InChI is InChI=1S/C14H21N3O3/c1-14(2)8-17(6-10(7-18)20-14)12-5-9(13(16)19)3-4-11(12)15/h3-5,10,18H,6-8,15H2,1-2H3,(H2,16,19). The van der Waals surface area contributed by atoms with E-state index < -0.39 is 11.5 Å². The Kier molecular flexibility index (Phi) is 3.87. The van der Waals surface area contributed by atoms with Crippen molar-refractivity contribution in [3.05, 3.63) is 23.8 Å². The highest BCUT2D eigenvalue weighted by atomic mass is 16.5. The number of aliphatic hydroxyl groups is 1. The maximum absolute atomic E-state index is 11.3. The topological polar surface area (TPSA) is 102 Å². The number of hydrogen-bond acceptors (Lipinski definition) is 5. The van der Waals surface area contributed by atoms with Gasteiger partial charge in [-0.05, 0) is 32.0 Å². The normalized spacial score (nSPS) is 21.8. The fourth-order valence-corrected chi connectivity index (χ4v) is 2.55. The van der Waals surface area contributed by atoms with E-state index in [0.717, 1.165) is 5.69 Å². The quantitative estimate of drug-likeness (QED) is 0.693. The summed E-state index contributed by atoms with van der Waals surface area (Å²) in [7, 11) is 0. The summed E-state index contributed by atoms with van der Waals surface area (Å²) >= 11 is 0. The van der Waals surface area contributed by atoms with Gasteiger partial charge in [0, 0.05) is 18.7 Å². The van der Waals surface area contributed by atoms with Crippen molar-refractivity contribution in [2.45, 2.75) is 25.6 Å². The minimum absolute atomic E-state index is 0.0602. The van der Waals surface area contributed by atoms with Gasteiger partial charge in [-0.25, -0.2) is 0 Å². The van der Waals surface area contributed by atoms with Gasteiger partial charge in [-0.3, -0.25) is 4.79 Å². The van der Waals surface area contributed by atoms with Gasteiger partial charge in [0.05, 0.1) is 29.7 Å². The lowest BCUT2D eigenvalue weighted by atomic mass is 10.0. The summed E-state index contributed by atoms with van der Waals surface area (Å²) in [5.74, 6) is -0.488.